The van der Waals surface area contributed by atoms with E-state index in [-0.39, 0.29) is 17.7 Å². The molecule has 0 spiro atoms. The second-order valence-corrected chi connectivity index (χ2v) is 6.01. The molecular weight excluding hydrogens is 305 g/mol. The van der Waals surface area contributed by atoms with Gasteiger partial charge >= 0.3 is 0 Å². The summed E-state index contributed by atoms with van der Waals surface area (Å²) in [5, 5.41) is 9.56. The third-order valence-corrected chi connectivity index (χ3v) is 4.28. The van der Waals surface area contributed by atoms with Crippen LogP contribution in [0.3, 0.4) is 0 Å². The van der Waals surface area contributed by atoms with E-state index in [0.717, 1.165) is 37.2 Å². The van der Waals surface area contributed by atoms with Gasteiger partial charge in [0.2, 0.25) is 0 Å². The molecule has 0 radical (unpaired) electrons. The minimum absolute atomic E-state index is 0.0834. The highest BCUT2D eigenvalue weighted by Gasteiger charge is 2.17. The normalized spacial score (nSPS) is 15.8. The summed E-state index contributed by atoms with van der Waals surface area (Å²) >= 11 is 0. The van der Waals surface area contributed by atoms with Crippen molar-refractivity contribution in [3.63, 3.8) is 0 Å². The predicted molar refractivity (Wildman–Crippen MR) is 93.7 cm³/mol. The molecule has 1 heterocycles. The van der Waals surface area contributed by atoms with E-state index in [1.807, 2.05) is 24.3 Å². The monoisotopic (exact) mass is 325 g/mol. The number of benzene rings is 2. The van der Waals surface area contributed by atoms with Gasteiger partial charge in [-0.2, -0.15) is 0 Å². The van der Waals surface area contributed by atoms with Crippen LogP contribution in [0.25, 0.3) is 6.08 Å². The second-order valence-electron chi connectivity index (χ2n) is 6.01. The topological polar surface area (TPSA) is 40.5 Å². The zero-order valence-corrected chi connectivity index (χ0v) is 13.4. The molecule has 1 fully saturated rings. The van der Waals surface area contributed by atoms with Crippen molar-refractivity contribution >= 4 is 17.5 Å². The Morgan fingerprint density at radius 2 is 1.67 bits per heavy atom. The average Bonchev–Trinajstić information content (AvgIpc) is 2.62. The van der Waals surface area contributed by atoms with Crippen LogP contribution in [0.5, 0.6) is 0 Å². The molecule has 0 bridgehead atoms. The molecular formula is C20H20FNO2. The third-order valence-electron chi connectivity index (χ3n) is 4.28. The number of hydrogen-bond acceptors (Lipinski definition) is 3. The van der Waals surface area contributed by atoms with Crippen LogP contribution < -0.4 is 4.90 Å². The highest BCUT2D eigenvalue weighted by molar-refractivity contribution is 6.06. The molecule has 1 aliphatic heterocycles. The Hall–Kier alpha value is -2.46. The Balaban J connectivity index is 1.64. The number of hydrogen-bond donors (Lipinski definition) is 1. The lowest BCUT2D eigenvalue weighted by Crippen LogP contribution is -2.35. The standard InChI is InChI=1S/C20H20FNO2/c21-17-6-1-15(2-7-17)3-10-20(24)16-4-8-18(9-5-16)22-13-11-19(23)12-14-22/h1-10,19,23H,11-14H2/b10-3+. The molecule has 3 rings (SSSR count). The van der Waals surface area contributed by atoms with Gasteiger partial charge in [0.25, 0.3) is 0 Å². The van der Waals surface area contributed by atoms with Crippen molar-refractivity contribution in [3.05, 3.63) is 71.6 Å². The van der Waals surface area contributed by atoms with Crippen molar-refractivity contribution < 1.29 is 14.3 Å². The lowest BCUT2D eigenvalue weighted by molar-refractivity contribution is 0.104. The summed E-state index contributed by atoms with van der Waals surface area (Å²) in [7, 11) is 0. The van der Waals surface area contributed by atoms with Crippen LogP contribution in [0.15, 0.2) is 54.6 Å². The van der Waals surface area contributed by atoms with Crippen molar-refractivity contribution in [1.82, 2.24) is 0 Å². The summed E-state index contributed by atoms with van der Waals surface area (Å²) in [6, 6.07) is 13.5. The maximum absolute atomic E-state index is 12.9. The maximum atomic E-state index is 12.9. The number of rotatable bonds is 4. The van der Waals surface area contributed by atoms with Crippen LogP contribution in [0.2, 0.25) is 0 Å². The molecule has 3 nitrogen and oxygen atoms in total. The molecule has 0 atom stereocenters. The first-order valence-electron chi connectivity index (χ1n) is 8.13. The number of anilines is 1. The largest absolute Gasteiger partial charge is 0.393 e. The van der Waals surface area contributed by atoms with Gasteiger partial charge in [0.1, 0.15) is 5.82 Å². The lowest BCUT2D eigenvalue weighted by Gasteiger charge is -2.31. The zero-order chi connectivity index (χ0) is 16.9. The Labute approximate surface area is 141 Å². The number of allylic oxidation sites excluding steroid dienone is 1. The number of nitrogens with zero attached hydrogens (tertiary/aromatic N) is 1. The van der Waals surface area contributed by atoms with Gasteiger partial charge in [-0.15, -0.1) is 0 Å². The first-order chi connectivity index (χ1) is 11.6. The van der Waals surface area contributed by atoms with Gasteiger partial charge in [-0.05, 0) is 60.9 Å². The number of ketones is 1. The van der Waals surface area contributed by atoms with E-state index in [1.165, 1.54) is 18.2 Å². The van der Waals surface area contributed by atoms with E-state index >= 15 is 0 Å². The second kappa shape index (κ2) is 7.41. The van der Waals surface area contributed by atoms with Crippen LogP contribution in [0.1, 0.15) is 28.8 Å². The van der Waals surface area contributed by atoms with E-state index in [9.17, 15) is 14.3 Å². The first-order valence-corrected chi connectivity index (χ1v) is 8.13. The van der Waals surface area contributed by atoms with Gasteiger partial charge in [-0.3, -0.25) is 4.79 Å². The number of carbonyl (C=O) groups is 1. The van der Waals surface area contributed by atoms with Crippen molar-refractivity contribution in [3.8, 4) is 0 Å². The summed E-state index contributed by atoms with van der Waals surface area (Å²) < 4.78 is 12.9. The Morgan fingerprint density at radius 3 is 2.29 bits per heavy atom. The Bertz CT molecular complexity index is 714. The van der Waals surface area contributed by atoms with Gasteiger partial charge in [-0.25, -0.2) is 4.39 Å². The predicted octanol–water partition coefficient (Wildman–Crippen LogP) is 3.68. The lowest BCUT2D eigenvalue weighted by atomic mass is 10.1. The SMILES string of the molecule is O=C(/C=C/c1ccc(F)cc1)c1ccc(N2CCC(O)CC2)cc1. The summed E-state index contributed by atoms with van der Waals surface area (Å²) in [6.45, 7) is 1.66. The molecule has 124 valence electrons. The Morgan fingerprint density at radius 1 is 1.04 bits per heavy atom. The zero-order valence-electron chi connectivity index (χ0n) is 13.4. The van der Waals surface area contributed by atoms with Crippen molar-refractivity contribution in [2.24, 2.45) is 0 Å². The molecule has 0 aromatic heterocycles. The first kappa shape index (κ1) is 16.4. The highest BCUT2D eigenvalue weighted by Crippen LogP contribution is 2.21. The number of aliphatic hydroxyl groups excluding tert-OH is 1. The average molecular weight is 325 g/mol. The van der Waals surface area contributed by atoms with Gasteiger partial charge < -0.3 is 10.0 Å². The maximum Gasteiger partial charge on any atom is 0.185 e. The van der Waals surface area contributed by atoms with Crippen LogP contribution in [0, 0.1) is 5.82 Å². The molecule has 2 aromatic carbocycles. The van der Waals surface area contributed by atoms with Crippen molar-refractivity contribution in [2.75, 3.05) is 18.0 Å². The van der Waals surface area contributed by atoms with Crippen LogP contribution in [-0.4, -0.2) is 30.1 Å². The van der Waals surface area contributed by atoms with E-state index in [4.69, 9.17) is 0 Å². The number of aliphatic hydroxyl groups is 1. The highest BCUT2D eigenvalue weighted by atomic mass is 19.1. The summed E-state index contributed by atoms with van der Waals surface area (Å²) in [6.07, 6.45) is 4.54. The van der Waals surface area contributed by atoms with E-state index in [0.29, 0.717) is 5.56 Å². The molecule has 4 heteroatoms. The van der Waals surface area contributed by atoms with Gasteiger partial charge in [-0.1, -0.05) is 18.2 Å². The van der Waals surface area contributed by atoms with E-state index in [1.54, 1.807) is 18.2 Å². The molecule has 1 aliphatic rings. The van der Waals surface area contributed by atoms with Gasteiger partial charge in [0.05, 0.1) is 6.10 Å². The van der Waals surface area contributed by atoms with Crippen LogP contribution in [0.4, 0.5) is 10.1 Å². The van der Waals surface area contributed by atoms with Crippen molar-refractivity contribution in [1.29, 1.82) is 0 Å². The number of piperidine rings is 1. The quantitative estimate of drug-likeness (QED) is 0.688. The fourth-order valence-electron chi connectivity index (χ4n) is 2.80. The minimum atomic E-state index is -0.292. The summed E-state index contributed by atoms with van der Waals surface area (Å²) in [5.41, 5.74) is 2.48. The number of carbonyl (C=O) groups excluding carboxylic acids is 1. The molecule has 1 saturated heterocycles. The van der Waals surface area contributed by atoms with Crippen LogP contribution >= 0.6 is 0 Å². The summed E-state index contributed by atoms with van der Waals surface area (Å²) in [4.78, 5) is 14.4. The molecule has 0 saturated carbocycles. The third kappa shape index (κ3) is 4.09. The van der Waals surface area contributed by atoms with Gasteiger partial charge in [0.15, 0.2) is 5.78 Å². The minimum Gasteiger partial charge on any atom is -0.393 e. The van der Waals surface area contributed by atoms with E-state index < -0.39 is 0 Å². The fraction of sp³-hybridized carbons (Fsp3) is 0.250. The van der Waals surface area contributed by atoms with Gasteiger partial charge in [0, 0.05) is 24.3 Å². The molecule has 24 heavy (non-hydrogen) atoms. The van der Waals surface area contributed by atoms with Crippen LogP contribution in [-0.2, 0) is 0 Å². The summed E-state index contributed by atoms with van der Waals surface area (Å²) in [5.74, 6) is -0.376. The van der Waals surface area contributed by atoms with Crippen molar-refractivity contribution in [2.45, 2.75) is 18.9 Å². The smallest absolute Gasteiger partial charge is 0.185 e. The molecule has 0 amide bonds. The Kier molecular flexibility index (Phi) is 5.06. The fourth-order valence-corrected chi connectivity index (χ4v) is 2.80. The molecule has 0 unspecified atom stereocenters. The molecule has 2 aromatic rings. The molecule has 1 N–H and O–H groups in total. The van der Waals surface area contributed by atoms with E-state index in [2.05, 4.69) is 4.90 Å². The number of halogens is 1. The molecule has 0 aliphatic carbocycles.